The number of sulfonamides is 1. The van der Waals surface area contributed by atoms with Crippen molar-refractivity contribution < 1.29 is 18.3 Å². The first-order valence-electron chi connectivity index (χ1n) is 5.92. The van der Waals surface area contributed by atoms with Crippen molar-refractivity contribution in [2.45, 2.75) is 17.4 Å². The zero-order valence-corrected chi connectivity index (χ0v) is 12.2. The summed E-state index contributed by atoms with van der Waals surface area (Å²) in [6.07, 6.45) is 1.65. The highest BCUT2D eigenvalue weighted by Crippen LogP contribution is 2.24. The fraction of sp³-hybridized carbons (Fsp3) is 0.308. The molecule has 110 valence electrons. The van der Waals surface area contributed by atoms with Crippen LogP contribution in [0.4, 0.5) is 5.69 Å². The topological polar surface area (TPSA) is 86.7 Å². The van der Waals surface area contributed by atoms with Crippen LogP contribution in [0.1, 0.15) is 6.42 Å². The maximum Gasteiger partial charge on any atom is 0.326 e. The quantitative estimate of drug-likeness (QED) is 0.743. The van der Waals surface area contributed by atoms with Gasteiger partial charge < -0.3 is 10.4 Å². The van der Waals surface area contributed by atoms with E-state index in [1.54, 1.807) is 12.1 Å². The lowest BCUT2D eigenvalue weighted by molar-refractivity contribution is -0.137. The molecule has 0 aliphatic carbocycles. The van der Waals surface area contributed by atoms with Crippen molar-refractivity contribution in [3.63, 3.8) is 0 Å². The molecule has 0 spiro atoms. The SMILES string of the molecule is C=CCC(Nc1ccccc1S(=O)(=O)N(C)C)C(=O)O. The number of carbonyl (C=O) groups is 1. The lowest BCUT2D eigenvalue weighted by Crippen LogP contribution is -2.30. The summed E-state index contributed by atoms with van der Waals surface area (Å²) in [5.74, 6) is -1.07. The second kappa shape index (κ2) is 6.53. The van der Waals surface area contributed by atoms with E-state index in [-0.39, 0.29) is 17.0 Å². The van der Waals surface area contributed by atoms with E-state index in [1.807, 2.05) is 0 Å². The minimum absolute atomic E-state index is 0.0420. The summed E-state index contributed by atoms with van der Waals surface area (Å²) in [7, 11) is -0.799. The number of benzene rings is 1. The Bertz CT molecular complexity index is 596. The van der Waals surface area contributed by atoms with E-state index in [0.29, 0.717) is 0 Å². The van der Waals surface area contributed by atoms with Crippen LogP contribution in [0.5, 0.6) is 0 Å². The molecule has 0 saturated heterocycles. The van der Waals surface area contributed by atoms with E-state index in [4.69, 9.17) is 5.11 Å². The molecule has 7 heteroatoms. The van der Waals surface area contributed by atoms with Gasteiger partial charge in [0, 0.05) is 14.1 Å². The van der Waals surface area contributed by atoms with Gasteiger partial charge in [-0.25, -0.2) is 17.5 Å². The highest BCUT2D eigenvalue weighted by molar-refractivity contribution is 7.89. The van der Waals surface area contributed by atoms with Gasteiger partial charge in [-0.05, 0) is 18.6 Å². The van der Waals surface area contributed by atoms with Crippen molar-refractivity contribution in [2.24, 2.45) is 0 Å². The van der Waals surface area contributed by atoms with Gasteiger partial charge in [0.25, 0.3) is 0 Å². The van der Waals surface area contributed by atoms with Gasteiger partial charge in [0.05, 0.1) is 5.69 Å². The van der Waals surface area contributed by atoms with Crippen molar-refractivity contribution in [1.82, 2.24) is 4.31 Å². The van der Waals surface area contributed by atoms with E-state index in [2.05, 4.69) is 11.9 Å². The first kappa shape index (κ1) is 16.2. The molecular weight excluding hydrogens is 280 g/mol. The van der Waals surface area contributed by atoms with E-state index in [9.17, 15) is 13.2 Å². The molecule has 1 aromatic carbocycles. The summed E-state index contributed by atoms with van der Waals surface area (Å²) in [6, 6.07) is 5.28. The van der Waals surface area contributed by atoms with Crippen molar-refractivity contribution in [1.29, 1.82) is 0 Å². The molecule has 0 saturated carbocycles. The Kier molecular flexibility index (Phi) is 5.29. The average molecular weight is 298 g/mol. The number of carboxylic acid groups (broad SMARTS) is 1. The molecule has 0 heterocycles. The van der Waals surface area contributed by atoms with Gasteiger partial charge in [-0.3, -0.25) is 0 Å². The first-order valence-corrected chi connectivity index (χ1v) is 7.36. The lowest BCUT2D eigenvalue weighted by atomic mass is 10.2. The van der Waals surface area contributed by atoms with Crippen LogP contribution in [0.15, 0.2) is 41.8 Å². The van der Waals surface area contributed by atoms with E-state index < -0.39 is 22.0 Å². The summed E-state index contributed by atoms with van der Waals surface area (Å²) >= 11 is 0. The normalized spacial score (nSPS) is 12.9. The third kappa shape index (κ3) is 3.58. The summed E-state index contributed by atoms with van der Waals surface area (Å²) in [6.45, 7) is 3.49. The van der Waals surface area contributed by atoms with E-state index in [1.165, 1.54) is 32.3 Å². The summed E-state index contributed by atoms with van der Waals surface area (Å²) in [5, 5.41) is 11.8. The Labute approximate surface area is 118 Å². The average Bonchev–Trinajstić information content (AvgIpc) is 2.38. The molecule has 0 bridgehead atoms. The lowest BCUT2D eigenvalue weighted by Gasteiger charge is -2.19. The Balaban J connectivity index is 3.20. The van der Waals surface area contributed by atoms with Crippen molar-refractivity contribution in [2.75, 3.05) is 19.4 Å². The molecule has 1 rings (SSSR count). The zero-order valence-electron chi connectivity index (χ0n) is 11.4. The van der Waals surface area contributed by atoms with Gasteiger partial charge in [-0.15, -0.1) is 6.58 Å². The van der Waals surface area contributed by atoms with Crippen LogP contribution in [0.3, 0.4) is 0 Å². The fourth-order valence-corrected chi connectivity index (χ4v) is 2.63. The smallest absolute Gasteiger partial charge is 0.326 e. The maximum absolute atomic E-state index is 12.2. The molecule has 2 N–H and O–H groups in total. The van der Waals surface area contributed by atoms with Crippen LogP contribution in [-0.4, -0.2) is 43.9 Å². The summed E-state index contributed by atoms with van der Waals surface area (Å²) < 4.78 is 25.4. The number of anilines is 1. The van der Waals surface area contributed by atoms with Gasteiger partial charge in [0.2, 0.25) is 10.0 Å². The molecule has 0 amide bonds. The molecule has 0 aromatic heterocycles. The number of nitrogens with zero attached hydrogens (tertiary/aromatic N) is 1. The number of carboxylic acids is 1. The molecule has 20 heavy (non-hydrogen) atoms. The monoisotopic (exact) mass is 298 g/mol. The highest BCUT2D eigenvalue weighted by atomic mass is 32.2. The molecule has 0 fully saturated rings. The largest absolute Gasteiger partial charge is 0.480 e. The molecule has 1 aromatic rings. The fourth-order valence-electron chi connectivity index (χ4n) is 1.58. The molecular formula is C13H18N2O4S. The van der Waals surface area contributed by atoms with Crippen LogP contribution in [0, 0.1) is 0 Å². The number of para-hydroxylation sites is 1. The standard InChI is InChI=1S/C13H18N2O4S/c1-4-7-11(13(16)17)14-10-8-5-6-9-12(10)20(18,19)15(2)3/h4-6,8-9,11,14H,1,7H2,2-3H3,(H,16,17). The van der Waals surface area contributed by atoms with Crippen molar-refractivity contribution in [3.05, 3.63) is 36.9 Å². The number of rotatable bonds is 7. The second-order valence-electron chi connectivity index (χ2n) is 4.34. The number of nitrogens with one attached hydrogen (secondary N) is 1. The minimum atomic E-state index is -3.64. The second-order valence-corrected chi connectivity index (χ2v) is 6.46. The summed E-state index contributed by atoms with van der Waals surface area (Å²) in [4.78, 5) is 11.2. The van der Waals surface area contributed by atoms with Gasteiger partial charge >= 0.3 is 5.97 Å². The Morgan fingerprint density at radius 3 is 2.55 bits per heavy atom. The Hall–Kier alpha value is -1.86. The van der Waals surface area contributed by atoms with Crippen LogP contribution in [-0.2, 0) is 14.8 Å². The van der Waals surface area contributed by atoms with Crippen LogP contribution in [0.25, 0.3) is 0 Å². The van der Waals surface area contributed by atoms with Crippen molar-refractivity contribution >= 4 is 21.7 Å². The number of aliphatic carboxylic acids is 1. The highest BCUT2D eigenvalue weighted by Gasteiger charge is 2.23. The first-order chi connectivity index (χ1) is 9.30. The summed E-state index contributed by atoms with van der Waals surface area (Å²) in [5.41, 5.74) is 0.260. The van der Waals surface area contributed by atoms with Crippen LogP contribution in [0.2, 0.25) is 0 Å². The molecule has 6 nitrogen and oxygen atoms in total. The van der Waals surface area contributed by atoms with E-state index in [0.717, 1.165) is 4.31 Å². The maximum atomic E-state index is 12.2. The molecule has 1 atom stereocenters. The van der Waals surface area contributed by atoms with Crippen LogP contribution >= 0.6 is 0 Å². The van der Waals surface area contributed by atoms with Crippen molar-refractivity contribution in [3.8, 4) is 0 Å². The van der Waals surface area contributed by atoms with Gasteiger partial charge in [0.15, 0.2) is 0 Å². The predicted octanol–water partition coefficient (Wildman–Crippen LogP) is 1.38. The predicted molar refractivity (Wildman–Crippen MR) is 77.2 cm³/mol. The molecule has 0 aliphatic heterocycles. The van der Waals surface area contributed by atoms with Gasteiger partial charge in [0.1, 0.15) is 10.9 Å². The Morgan fingerprint density at radius 2 is 2.05 bits per heavy atom. The number of hydrogen-bond acceptors (Lipinski definition) is 4. The zero-order chi connectivity index (χ0) is 15.3. The molecule has 0 radical (unpaired) electrons. The van der Waals surface area contributed by atoms with E-state index >= 15 is 0 Å². The third-order valence-electron chi connectivity index (χ3n) is 2.68. The van der Waals surface area contributed by atoms with Gasteiger partial charge in [-0.1, -0.05) is 18.2 Å². The third-order valence-corrected chi connectivity index (χ3v) is 4.55. The molecule has 0 aliphatic rings. The van der Waals surface area contributed by atoms with Gasteiger partial charge in [-0.2, -0.15) is 0 Å². The van der Waals surface area contributed by atoms with Crippen LogP contribution < -0.4 is 5.32 Å². The Morgan fingerprint density at radius 1 is 1.45 bits per heavy atom. The number of hydrogen-bond donors (Lipinski definition) is 2. The minimum Gasteiger partial charge on any atom is -0.480 e. The molecule has 1 unspecified atom stereocenters.